The first kappa shape index (κ1) is 21.9. The smallest absolute Gasteiger partial charge is 0.238 e. The summed E-state index contributed by atoms with van der Waals surface area (Å²) in [7, 11) is 0. The number of nitrogens with zero attached hydrogens (tertiary/aromatic N) is 1. The SMILES string of the molecule is CCCN(CC(=O)NCCc1ccc(Cl)cc1)CC(=O)Nc1ccccc1C. The third kappa shape index (κ3) is 7.71. The van der Waals surface area contributed by atoms with Crippen molar-refractivity contribution in [3.05, 3.63) is 64.7 Å². The van der Waals surface area contributed by atoms with Crippen molar-refractivity contribution >= 4 is 29.1 Å². The molecule has 2 aromatic carbocycles. The molecule has 0 fully saturated rings. The van der Waals surface area contributed by atoms with Crippen LogP contribution in [0.15, 0.2) is 48.5 Å². The predicted octanol–water partition coefficient (Wildman–Crippen LogP) is 3.66. The van der Waals surface area contributed by atoms with Crippen molar-refractivity contribution in [2.45, 2.75) is 26.7 Å². The van der Waals surface area contributed by atoms with E-state index in [1.165, 1.54) is 0 Å². The molecule has 2 aromatic rings. The molecule has 0 aliphatic heterocycles. The number of nitrogens with one attached hydrogen (secondary N) is 2. The van der Waals surface area contributed by atoms with Crippen LogP contribution < -0.4 is 10.6 Å². The van der Waals surface area contributed by atoms with E-state index in [9.17, 15) is 9.59 Å². The number of benzene rings is 2. The van der Waals surface area contributed by atoms with E-state index in [4.69, 9.17) is 11.6 Å². The van der Waals surface area contributed by atoms with Gasteiger partial charge in [0.05, 0.1) is 13.1 Å². The van der Waals surface area contributed by atoms with E-state index < -0.39 is 0 Å². The Kier molecular flexibility index (Phi) is 8.98. The Morgan fingerprint density at radius 2 is 1.68 bits per heavy atom. The summed E-state index contributed by atoms with van der Waals surface area (Å²) in [5, 5.41) is 6.54. The summed E-state index contributed by atoms with van der Waals surface area (Å²) < 4.78 is 0. The second kappa shape index (κ2) is 11.5. The van der Waals surface area contributed by atoms with Crippen molar-refractivity contribution in [3.8, 4) is 0 Å². The average molecular weight is 402 g/mol. The number of hydrogen-bond donors (Lipinski definition) is 2. The number of para-hydroxylation sites is 1. The average Bonchev–Trinajstić information content (AvgIpc) is 2.65. The fraction of sp³-hybridized carbons (Fsp3) is 0.364. The van der Waals surface area contributed by atoms with Crippen molar-refractivity contribution in [1.82, 2.24) is 10.2 Å². The van der Waals surface area contributed by atoms with Gasteiger partial charge in [-0.15, -0.1) is 0 Å². The molecule has 0 spiro atoms. The van der Waals surface area contributed by atoms with Crippen LogP contribution in [0.5, 0.6) is 0 Å². The summed E-state index contributed by atoms with van der Waals surface area (Å²) in [5.41, 5.74) is 2.93. The first-order valence-corrected chi connectivity index (χ1v) is 9.94. The predicted molar refractivity (Wildman–Crippen MR) is 115 cm³/mol. The van der Waals surface area contributed by atoms with Crippen LogP contribution >= 0.6 is 11.6 Å². The summed E-state index contributed by atoms with van der Waals surface area (Å²) in [5.74, 6) is -0.192. The highest BCUT2D eigenvalue weighted by atomic mass is 35.5. The van der Waals surface area contributed by atoms with Crippen molar-refractivity contribution in [2.75, 3.05) is 31.5 Å². The Bertz CT molecular complexity index is 778. The van der Waals surface area contributed by atoms with Crippen LogP contribution in [0.2, 0.25) is 5.02 Å². The molecule has 0 saturated carbocycles. The molecule has 5 nitrogen and oxygen atoms in total. The lowest BCUT2D eigenvalue weighted by Gasteiger charge is -2.21. The maximum absolute atomic E-state index is 12.4. The Morgan fingerprint density at radius 3 is 2.36 bits per heavy atom. The van der Waals surface area contributed by atoms with Gasteiger partial charge in [0.1, 0.15) is 0 Å². The molecule has 2 rings (SSSR count). The van der Waals surface area contributed by atoms with Gasteiger partial charge in [-0.3, -0.25) is 14.5 Å². The highest BCUT2D eigenvalue weighted by Gasteiger charge is 2.14. The fourth-order valence-electron chi connectivity index (χ4n) is 2.89. The van der Waals surface area contributed by atoms with Gasteiger partial charge in [-0.05, 0) is 55.6 Å². The van der Waals surface area contributed by atoms with Crippen molar-refractivity contribution < 1.29 is 9.59 Å². The van der Waals surface area contributed by atoms with Gasteiger partial charge in [0, 0.05) is 17.3 Å². The van der Waals surface area contributed by atoms with Crippen molar-refractivity contribution in [1.29, 1.82) is 0 Å². The third-order valence-electron chi connectivity index (χ3n) is 4.34. The lowest BCUT2D eigenvalue weighted by Crippen LogP contribution is -2.42. The molecule has 6 heteroatoms. The summed E-state index contributed by atoms with van der Waals surface area (Å²) in [6.45, 7) is 5.61. The maximum atomic E-state index is 12.4. The summed E-state index contributed by atoms with van der Waals surface area (Å²) >= 11 is 5.88. The highest BCUT2D eigenvalue weighted by Crippen LogP contribution is 2.13. The maximum Gasteiger partial charge on any atom is 0.238 e. The highest BCUT2D eigenvalue weighted by molar-refractivity contribution is 6.30. The number of amides is 2. The topological polar surface area (TPSA) is 61.4 Å². The first-order valence-electron chi connectivity index (χ1n) is 9.57. The van der Waals surface area contributed by atoms with Gasteiger partial charge in [0.2, 0.25) is 11.8 Å². The molecule has 0 saturated heterocycles. The van der Waals surface area contributed by atoms with Gasteiger partial charge in [0.15, 0.2) is 0 Å². The summed E-state index contributed by atoms with van der Waals surface area (Å²) in [6.07, 6.45) is 1.61. The zero-order chi connectivity index (χ0) is 20.4. The minimum Gasteiger partial charge on any atom is -0.355 e. The molecule has 0 heterocycles. The summed E-state index contributed by atoms with van der Waals surface area (Å²) in [4.78, 5) is 26.5. The number of aryl methyl sites for hydroxylation is 1. The second-order valence-electron chi connectivity index (χ2n) is 6.80. The Balaban J connectivity index is 1.78. The first-order chi connectivity index (χ1) is 13.5. The van der Waals surface area contributed by atoms with Gasteiger partial charge in [-0.1, -0.05) is 48.9 Å². The Morgan fingerprint density at radius 1 is 1.00 bits per heavy atom. The molecular weight excluding hydrogens is 374 g/mol. The Hall–Kier alpha value is -2.37. The zero-order valence-corrected chi connectivity index (χ0v) is 17.3. The number of carbonyl (C=O) groups is 2. The lowest BCUT2D eigenvalue weighted by atomic mass is 10.1. The number of carbonyl (C=O) groups excluding carboxylic acids is 2. The van der Waals surface area contributed by atoms with Gasteiger partial charge >= 0.3 is 0 Å². The van der Waals surface area contributed by atoms with Crippen LogP contribution in [0.1, 0.15) is 24.5 Å². The number of halogens is 1. The van der Waals surface area contributed by atoms with Crippen molar-refractivity contribution in [2.24, 2.45) is 0 Å². The van der Waals surface area contributed by atoms with E-state index in [1.54, 1.807) is 0 Å². The van der Waals surface area contributed by atoms with Gasteiger partial charge < -0.3 is 10.6 Å². The standard InChI is InChI=1S/C22H28ClN3O2/c1-3-14-26(16-22(28)25-20-7-5-4-6-17(20)2)15-21(27)24-13-12-18-8-10-19(23)11-9-18/h4-11H,3,12-16H2,1-2H3,(H,24,27)(H,25,28). The quantitative estimate of drug-likeness (QED) is 0.638. The molecule has 28 heavy (non-hydrogen) atoms. The van der Waals surface area contributed by atoms with E-state index in [2.05, 4.69) is 10.6 Å². The van der Waals surface area contributed by atoms with E-state index in [-0.39, 0.29) is 24.9 Å². The molecule has 0 aliphatic rings. The zero-order valence-electron chi connectivity index (χ0n) is 16.5. The monoisotopic (exact) mass is 401 g/mol. The van der Waals surface area contributed by atoms with Gasteiger partial charge in [-0.25, -0.2) is 0 Å². The lowest BCUT2D eigenvalue weighted by molar-refractivity contribution is -0.123. The molecule has 0 atom stereocenters. The van der Waals surface area contributed by atoms with Crippen molar-refractivity contribution in [3.63, 3.8) is 0 Å². The molecule has 2 amide bonds. The molecule has 0 aliphatic carbocycles. The molecule has 0 aromatic heterocycles. The molecule has 0 bridgehead atoms. The van der Waals surface area contributed by atoms with Crippen LogP contribution in [0.25, 0.3) is 0 Å². The van der Waals surface area contributed by atoms with Gasteiger partial charge in [-0.2, -0.15) is 0 Å². The van der Waals surface area contributed by atoms with E-state index in [1.807, 2.05) is 67.3 Å². The molecule has 0 unspecified atom stereocenters. The Labute approximate surface area is 172 Å². The van der Waals surface area contributed by atoms with Crippen LogP contribution in [-0.4, -0.2) is 42.9 Å². The van der Waals surface area contributed by atoms with Crippen LogP contribution in [0.4, 0.5) is 5.69 Å². The number of anilines is 1. The third-order valence-corrected chi connectivity index (χ3v) is 4.59. The molecule has 150 valence electrons. The number of rotatable bonds is 10. The van der Waals surface area contributed by atoms with Crippen LogP contribution in [-0.2, 0) is 16.0 Å². The number of hydrogen-bond acceptors (Lipinski definition) is 3. The molecule has 2 N–H and O–H groups in total. The molecule has 0 radical (unpaired) electrons. The minimum atomic E-state index is -0.114. The van der Waals surface area contributed by atoms with E-state index in [0.717, 1.165) is 29.7 Å². The normalized spacial score (nSPS) is 10.7. The van der Waals surface area contributed by atoms with E-state index in [0.29, 0.717) is 18.1 Å². The largest absolute Gasteiger partial charge is 0.355 e. The fourth-order valence-corrected chi connectivity index (χ4v) is 3.02. The van der Waals surface area contributed by atoms with E-state index >= 15 is 0 Å². The van der Waals surface area contributed by atoms with Crippen LogP contribution in [0, 0.1) is 6.92 Å². The minimum absolute atomic E-state index is 0.0777. The molecular formula is C22H28ClN3O2. The summed E-state index contributed by atoms with van der Waals surface area (Å²) in [6, 6.07) is 15.2. The van der Waals surface area contributed by atoms with Crippen LogP contribution in [0.3, 0.4) is 0 Å². The second-order valence-corrected chi connectivity index (χ2v) is 7.24. The van der Waals surface area contributed by atoms with Gasteiger partial charge in [0.25, 0.3) is 0 Å².